The molecule has 6 heteroatoms. The summed E-state index contributed by atoms with van der Waals surface area (Å²) in [6.07, 6.45) is 4.44. The fourth-order valence-corrected chi connectivity index (χ4v) is 3.98. The van der Waals surface area contributed by atoms with Crippen LogP contribution in [0.3, 0.4) is 0 Å². The third kappa shape index (κ3) is 3.61. The van der Waals surface area contributed by atoms with Gasteiger partial charge in [-0.1, -0.05) is 6.42 Å². The van der Waals surface area contributed by atoms with Gasteiger partial charge in [-0.05, 0) is 37.1 Å². The minimum absolute atomic E-state index is 0.220. The highest BCUT2D eigenvalue weighted by Gasteiger charge is 2.37. The second kappa shape index (κ2) is 7.23. The molecule has 5 nitrogen and oxygen atoms in total. The minimum Gasteiger partial charge on any atom is -0.444 e. The number of ether oxygens (including phenoxy) is 1. The maximum Gasteiger partial charge on any atom is 0.226 e. The lowest BCUT2D eigenvalue weighted by Crippen LogP contribution is -2.50. The Kier molecular flexibility index (Phi) is 4.83. The zero-order valence-corrected chi connectivity index (χ0v) is 14.1. The molecule has 0 spiro atoms. The minimum atomic E-state index is -0.276. The summed E-state index contributed by atoms with van der Waals surface area (Å²) < 4.78 is 24.3. The van der Waals surface area contributed by atoms with Crippen molar-refractivity contribution in [2.75, 3.05) is 19.8 Å². The largest absolute Gasteiger partial charge is 0.444 e. The van der Waals surface area contributed by atoms with E-state index in [0.717, 1.165) is 37.1 Å². The Morgan fingerprint density at radius 3 is 2.84 bits per heavy atom. The summed E-state index contributed by atoms with van der Waals surface area (Å²) >= 11 is 0. The summed E-state index contributed by atoms with van der Waals surface area (Å²) in [5.74, 6) is 0.492. The third-order valence-corrected chi connectivity index (χ3v) is 5.31. The lowest BCUT2D eigenvalue weighted by Gasteiger charge is -2.39. The average molecular weight is 346 g/mol. The number of morpholine rings is 1. The molecule has 0 unspecified atom stereocenters. The van der Waals surface area contributed by atoms with Crippen molar-refractivity contribution in [2.24, 2.45) is 5.92 Å². The van der Waals surface area contributed by atoms with Crippen LogP contribution in [0.25, 0.3) is 11.5 Å². The first-order valence-corrected chi connectivity index (χ1v) is 8.91. The van der Waals surface area contributed by atoms with Gasteiger partial charge in [-0.2, -0.15) is 0 Å². The number of rotatable bonds is 4. The number of aromatic nitrogens is 1. The Labute approximate surface area is 146 Å². The van der Waals surface area contributed by atoms with Gasteiger partial charge in [0.05, 0.1) is 25.0 Å². The summed E-state index contributed by atoms with van der Waals surface area (Å²) in [7, 11) is 0. The molecule has 134 valence electrons. The summed E-state index contributed by atoms with van der Waals surface area (Å²) in [6, 6.07) is 6.35. The van der Waals surface area contributed by atoms with Crippen LogP contribution in [-0.4, -0.2) is 46.9 Å². The highest BCUT2D eigenvalue weighted by Crippen LogP contribution is 2.33. The molecule has 1 saturated carbocycles. The number of nitrogens with zero attached hydrogens (tertiary/aromatic N) is 2. The maximum absolute atomic E-state index is 13.0. The van der Waals surface area contributed by atoms with E-state index in [0.29, 0.717) is 25.6 Å². The molecular formula is C19H23FN2O3. The summed E-state index contributed by atoms with van der Waals surface area (Å²) in [4.78, 5) is 6.89. The van der Waals surface area contributed by atoms with Crippen molar-refractivity contribution < 1.29 is 18.7 Å². The van der Waals surface area contributed by atoms with E-state index >= 15 is 0 Å². The van der Waals surface area contributed by atoms with Crippen molar-refractivity contribution in [1.82, 2.24) is 9.88 Å². The lowest BCUT2D eigenvalue weighted by molar-refractivity contribution is -0.0540. The van der Waals surface area contributed by atoms with E-state index in [4.69, 9.17) is 9.15 Å². The van der Waals surface area contributed by atoms with E-state index in [1.807, 2.05) is 0 Å². The molecule has 2 aliphatic rings. The van der Waals surface area contributed by atoms with E-state index in [9.17, 15) is 9.50 Å². The number of benzene rings is 1. The topological polar surface area (TPSA) is 58.7 Å². The van der Waals surface area contributed by atoms with Crippen LogP contribution in [0.5, 0.6) is 0 Å². The van der Waals surface area contributed by atoms with Crippen molar-refractivity contribution in [3.8, 4) is 11.5 Å². The number of oxazole rings is 1. The first kappa shape index (κ1) is 16.7. The molecule has 2 aromatic rings. The summed E-state index contributed by atoms with van der Waals surface area (Å²) in [5.41, 5.74) is 1.61. The zero-order chi connectivity index (χ0) is 17.2. The molecule has 0 amide bonds. The molecule has 1 N–H and O–H groups in total. The highest BCUT2D eigenvalue weighted by molar-refractivity contribution is 5.52. The van der Waals surface area contributed by atoms with Crippen LogP contribution >= 0.6 is 0 Å². The van der Waals surface area contributed by atoms with Crippen molar-refractivity contribution in [1.29, 1.82) is 0 Å². The van der Waals surface area contributed by atoms with Gasteiger partial charge in [-0.3, -0.25) is 4.90 Å². The molecule has 1 aliphatic heterocycles. The Balaban J connectivity index is 1.47. The Morgan fingerprint density at radius 1 is 1.24 bits per heavy atom. The molecule has 1 aromatic carbocycles. The van der Waals surface area contributed by atoms with Crippen molar-refractivity contribution in [2.45, 2.75) is 38.0 Å². The first-order valence-electron chi connectivity index (χ1n) is 8.91. The summed E-state index contributed by atoms with van der Waals surface area (Å²) in [6.45, 7) is 2.85. The van der Waals surface area contributed by atoms with Crippen LogP contribution < -0.4 is 0 Å². The average Bonchev–Trinajstić information content (AvgIpc) is 3.25. The predicted molar refractivity (Wildman–Crippen MR) is 90.3 cm³/mol. The molecule has 4 rings (SSSR count). The van der Waals surface area contributed by atoms with E-state index < -0.39 is 0 Å². The monoisotopic (exact) mass is 346 g/mol. The maximum atomic E-state index is 13.0. The van der Waals surface area contributed by atoms with Crippen molar-refractivity contribution in [3.05, 3.63) is 42.0 Å². The second-order valence-electron chi connectivity index (χ2n) is 6.93. The SMILES string of the molecule is O[C@@H]1CCC[C@@H]1[C@H]1COCCN1Cc1coc(-c2ccc(F)cc2)n1. The van der Waals surface area contributed by atoms with Crippen LogP contribution in [-0.2, 0) is 11.3 Å². The molecule has 2 fully saturated rings. The van der Waals surface area contributed by atoms with Gasteiger partial charge in [0.2, 0.25) is 5.89 Å². The number of halogens is 1. The molecule has 2 heterocycles. The van der Waals surface area contributed by atoms with Crippen LogP contribution in [0.15, 0.2) is 34.9 Å². The van der Waals surface area contributed by atoms with Gasteiger partial charge in [0.15, 0.2) is 0 Å². The fourth-order valence-electron chi connectivity index (χ4n) is 3.98. The highest BCUT2D eigenvalue weighted by atomic mass is 19.1. The van der Waals surface area contributed by atoms with Gasteiger partial charge in [0.25, 0.3) is 0 Å². The van der Waals surface area contributed by atoms with Gasteiger partial charge in [-0.25, -0.2) is 9.37 Å². The van der Waals surface area contributed by atoms with E-state index in [2.05, 4.69) is 9.88 Å². The van der Waals surface area contributed by atoms with Gasteiger partial charge < -0.3 is 14.3 Å². The quantitative estimate of drug-likeness (QED) is 0.922. The van der Waals surface area contributed by atoms with Crippen LogP contribution in [0.4, 0.5) is 4.39 Å². The standard InChI is InChI=1S/C19H23FN2O3/c20-14-6-4-13(5-7-14)19-21-15(11-25-19)10-22-8-9-24-12-17(22)16-2-1-3-18(16)23/h4-7,11,16-18,23H,1-3,8-10,12H2/t16-,17-,18-/m1/s1. The third-order valence-electron chi connectivity index (χ3n) is 5.31. The van der Waals surface area contributed by atoms with Crippen LogP contribution in [0, 0.1) is 11.7 Å². The molecule has 1 saturated heterocycles. The number of hydrogen-bond donors (Lipinski definition) is 1. The molecule has 3 atom stereocenters. The van der Waals surface area contributed by atoms with Crippen molar-refractivity contribution >= 4 is 0 Å². The van der Waals surface area contributed by atoms with Gasteiger partial charge in [0.1, 0.15) is 12.1 Å². The van der Waals surface area contributed by atoms with E-state index in [1.54, 1.807) is 18.4 Å². The Bertz CT molecular complexity index is 703. The molecule has 1 aromatic heterocycles. The number of aliphatic hydroxyl groups is 1. The molecular weight excluding hydrogens is 323 g/mol. The molecule has 1 aliphatic carbocycles. The molecule has 25 heavy (non-hydrogen) atoms. The van der Waals surface area contributed by atoms with E-state index in [1.165, 1.54) is 12.1 Å². The van der Waals surface area contributed by atoms with Crippen LogP contribution in [0.2, 0.25) is 0 Å². The normalized spacial score (nSPS) is 27.7. The first-order chi connectivity index (χ1) is 12.2. The fraction of sp³-hybridized carbons (Fsp3) is 0.526. The number of aliphatic hydroxyl groups excluding tert-OH is 1. The number of hydrogen-bond acceptors (Lipinski definition) is 5. The lowest BCUT2D eigenvalue weighted by atomic mass is 9.94. The second-order valence-corrected chi connectivity index (χ2v) is 6.93. The predicted octanol–water partition coefficient (Wildman–Crippen LogP) is 2.84. The molecule has 0 radical (unpaired) electrons. The Hall–Kier alpha value is -1.76. The molecule has 0 bridgehead atoms. The Morgan fingerprint density at radius 2 is 2.08 bits per heavy atom. The zero-order valence-electron chi connectivity index (χ0n) is 14.1. The van der Waals surface area contributed by atoms with Gasteiger partial charge in [0, 0.05) is 30.6 Å². The van der Waals surface area contributed by atoms with E-state index in [-0.39, 0.29) is 23.9 Å². The van der Waals surface area contributed by atoms with Crippen molar-refractivity contribution in [3.63, 3.8) is 0 Å². The summed E-state index contributed by atoms with van der Waals surface area (Å²) in [5, 5.41) is 10.3. The van der Waals surface area contributed by atoms with Gasteiger partial charge >= 0.3 is 0 Å². The van der Waals surface area contributed by atoms with Gasteiger partial charge in [-0.15, -0.1) is 0 Å². The van der Waals surface area contributed by atoms with Crippen LogP contribution in [0.1, 0.15) is 25.0 Å². The smallest absolute Gasteiger partial charge is 0.226 e.